The van der Waals surface area contributed by atoms with Crippen LogP contribution in [0.1, 0.15) is 18.9 Å². The van der Waals surface area contributed by atoms with Crippen molar-refractivity contribution in [1.29, 1.82) is 0 Å². The van der Waals surface area contributed by atoms with Gasteiger partial charge in [-0.05, 0) is 36.5 Å². The molecular formula is C26H23N5O. The molecule has 0 spiro atoms. The summed E-state index contributed by atoms with van der Waals surface area (Å²) in [4.78, 5) is 13.7. The molecule has 5 aromatic rings. The first-order chi connectivity index (χ1) is 15.7. The molecule has 1 saturated carbocycles. The van der Waals surface area contributed by atoms with Crippen LogP contribution in [0.25, 0.3) is 44.3 Å². The van der Waals surface area contributed by atoms with Crippen molar-refractivity contribution in [2.75, 3.05) is 12.3 Å². The van der Waals surface area contributed by atoms with Crippen LogP contribution < -0.4 is 5.73 Å². The SMILES string of the molecule is Nc1ncnc2c1c(-c1ccc3ccc(-c4ccccc4)nc3c1)cn2[C@H]1C[C@@H](CO)C1. The summed E-state index contributed by atoms with van der Waals surface area (Å²) < 4.78 is 2.20. The molecule has 0 amide bonds. The molecule has 0 unspecified atom stereocenters. The van der Waals surface area contributed by atoms with Crippen molar-refractivity contribution < 1.29 is 5.11 Å². The molecule has 32 heavy (non-hydrogen) atoms. The van der Waals surface area contributed by atoms with Crippen molar-refractivity contribution in [1.82, 2.24) is 19.5 Å². The van der Waals surface area contributed by atoms with Gasteiger partial charge in [0.15, 0.2) is 0 Å². The lowest BCUT2D eigenvalue weighted by Crippen LogP contribution is -2.28. The molecule has 0 aliphatic heterocycles. The molecule has 0 atom stereocenters. The van der Waals surface area contributed by atoms with Crippen LogP contribution in [0.3, 0.4) is 0 Å². The molecule has 2 aromatic carbocycles. The Morgan fingerprint density at radius 1 is 0.969 bits per heavy atom. The summed E-state index contributed by atoms with van der Waals surface area (Å²) in [7, 11) is 0. The van der Waals surface area contributed by atoms with Gasteiger partial charge >= 0.3 is 0 Å². The Balaban J connectivity index is 1.49. The number of rotatable bonds is 4. The monoisotopic (exact) mass is 421 g/mol. The first-order valence-electron chi connectivity index (χ1n) is 10.9. The summed E-state index contributed by atoms with van der Waals surface area (Å²) in [6, 6.07) is 21.0. The van der Waals surface area contributed by atoms with E-state index in [9.17, 15) is 5.11 Å². The van der Waals surface area contributed by atoms with Gasteiger partial charge in [0.2, 0.25) is 0 Å². The maximum atomic E-state index is 9.43. The smallest absolute Gasteiger partial charge is 0.146 e. The summed E-state index contributed by atoms with van der Waals surface area (Å²) in [5.74, 6) is 0.842. The zero-order chi connectivity index (χ0) is 21.7. The number of aliphatic hydroxyl groups is 1. The number of pyridine rings is 1. The Kier molecular flexibility index (Phi) is 4.40. The van der Waals surface area contributed by atoms with Gasteiger partial charge in [-0.25, -0.2) is 15.0 Å². The fourth-order valence-corrected chi connectivity index (χ4v) is 4.74. The number of nitrogens with zero attached hydrogens (tertiary/aromatic N) is 4. The second-order valence-electron chi connectivity index (χ2n) is 8.55. The molecule has 6 rings (SSSR count). The van der Waals surface area contributed by atoms with Crippen LogP contribution in [-0.2, 0) is 0 Å². The third-order valence-electron chi connectivity index (χ3n) is 6.57. The van der Waals surface area contributed by atoms with E-state index in [0.29, 0.717) is 17.8 Å². The lowest BCUT2D eigenvalue weighted by Gasteiger charge is -2.35. The van der Waals surface area contributed by atoms with Crippen molar-refractivity contribution >= 4 is 27.8 Å². The van der Waals surface area contributed by atoms with E-state index < -0.39 is 0 Å². The highest BCUT2D eigenvalue weighted by molar-refractivity contribution is 6.02. The average molecular weight is 422 g/mol. The predicted molar refractivity (Wildman–Crippen MR) is 127 cm³/mol. The molecule has 1 aliphatic rings. The largest absolute Gasteiger partial charge is 0.396 e. The number of hydrogen-bond donors (Lipinski definition) is 2. The van der Waals surface area contributed by atoms with E-state index in [1.54, 1.807) is 0 Å². The minimum absolute atomic E-state index is 0.236. The Hall–Kier alpha value is -3.77. The summed E-state index contributed by atoms with van der Waals surface area (Å²) in [5, 5.41) is 11.4. The fraction of sp³-hybridized carbons (Fsp3) is 0.192. The summed E-state index contributed by atoms with van der Waals surface area (Å²) in [5.41, 5.74) is 12.2. The van der Waals surface area contributed by atoms with Crippen LogP contribution in [-0.4, -0.2) is 31.2 Å². The molecular weight excluding hydrogens is 398 g/mol. The van der Waals surface area contributed by atoms with Crippen LogP contribution >= 0.6 is 0 Å². The Morgan fingerprint density at radius 3 is 2.59 bits per heavy atom. The number of fused-ring (bicyclic) bond motifs is 2. The standard InChI is InChI=1S/C26H23N5O/c27-25-24-21(13-31(26(24)29-15-28-25)20-10-16(11-20)14-32)19-7-6-18-8-9-22(30-23(18)12-19)17-4-2-1-3-5-17/h1-9,12-13,15-16,20,32H,10-11,14H2,(H2,27,28,29)/t16-,20+. The number of nitrogens with two attached hydrogens (primary N) is 1. The summed E-state index contributed by atoms with van der Waals surface area (Å²) in [6.45, 7) is 0.236. The minimum Gasteiger partial charge on any atom is -0.396 e. The third-order valence-corrected chi connectivity index (χ3v) is 6.57. The highest BCUT2D eigenvalue weighted by Crippen LogP contribution is 2.42. The van der Waals surface area contributed by atoms with Crippen molar-refractivity contribution in [2.45, 2.75) is 18.9 Å². The van der Waals surface area contributed by atoms with Crippen molar-refractivity contribution in [2.24, 2.45) is 5.92 Å². The van der Waals surface area contributed by atoms with Crippen LogP contribution in [0.2, 0.25) is 0 Å². The highest BCUT2D eigenvalue weighted by Gasteiger charge is 2.32. The second-order valence-corrected chi connectivity index (χ2v) is 8.55. The van der Waals surface area contributed by atoms with E-state index in [2.05, 4.69) is 63.2 Å². The Labute approximate surface area is 185 Å². The fourth-order valence-electron chi connectivity index (χ4n) is 4.74. The van der Waals surface area contributed by atoms with Gasteiger partial charge in [-0.15, -0.1) is 0 Å². The predicted octanol–water partition coefficient (Wildman–Crippen LogP) is 4.84. The minimum atomic E-state index is 0.236. The van der Waals surface area contributed by atoms with Crippen molar-refractivity contribution in [3.63, 3.8) is 0 Å². The Bertz CT molecular complexity index is 1440. The molecule has 3 heterocycles. The van der Waals surface area contributed by atoms with E-state index >= 15 is 0 Å². The van der Waals surface area contributed by atoms with Crippen LogP contribution in [0.4, 0.5) is 5.82 Å². The van der Waals surface area contributed by atoms with Gasteiger partial charge in [-0.2, -0.15) is 0 Å². The number of nitrogen functional groups attached to an aromatic ring is 1. The number of benzene rings is 2. The van der Waals surface area contributed by atoms with E-state index in [4.69, 9.17) is 10.7 Å². The van der Waals surface area contributed by atoms with Crippen molar-refractivity contribution in [3.05, 3.63) is 73.2 Å². The first-order valence-corrected chi connectivity index (χ1v) is 10.9. The topological polar surface area (TPSA) is 89.9 Å². The first kappa shape index (κ1) is 19.0. The molecule has 3 aromatic heterocycles. The maximum absolute atomic E-state index is 9.43. The average Bonchev–Trinajstić information content (AvgIpc) is 3.19. The zero-order valence-corrected chi connectivity index (χ0v) is 17.5. The third kappa shape index (κ3) is 3.03. The zero-order valence-electron chi connectivity index (χ0n) is 17.5. The van der Waals surface area contributed by atoms with Gasteiger partial charge in [0.25, 0.3) is 0 Å². The van der Waals surface area contributed by atoms with Gasteiger partial charge in [0.1, 0.15) is 17.8 Å². The molecule has 6 heteroatoms. The van der Waals surface area contributed by atoms with Gasteiger partial charge in [0, 0.05) is 35.4 Å². The number of aliphatic hydroxyl groups excluding tert-OH is 1. The summed E-state index contributed by atoms with van der Waals surface area (Å²) in [6.07, 6.45) is 5.55. The Morgan fingerprint density at radius 2 is 1.78 bits per heavy atom. The molecule has 0 saturated heterocycles. The van der Waals surface area contributed by atoms with Crippen LogP contribution in [0.5, 0.6) is 0 Å². The quantitative estimate of drug-likeness (QED) is 0.433. The molecule has 1 fully saturated rings. The van der Waals surface area contributed by atoms with Gasteiger partial charge in [-0.3, -0.25) is 0 Å². The number of anilines is 1. The lowest BCUT2D eigenvalue weighted by atomic mass is 9.81. The normalized spacial score (nSPS) is 18.2. The van der Waals surface area contributed by atoms with E-state index in [1.165, 1.54) is 6.33 Å². The van der Waals surface area contributed by atoms with Gasteiger partial charge in [-0.1, -0.05) is 48.5 Å². The molecule has 1 aliphatic carbocycles. The number of aromatic nitrogens is 4. The van der Waals surface area contributed by atoms with Crippen LogP contribution in [0.15, 0.2) is 73.2 Å². The molecule has 158 valence electrons. The van der Waals surface area contributed by atoms with E-state index in [-0.39, 0.29) is 6.61 Å². The van der Waals surface area contributed by atoms with E-state index in [1.807, 2.05) is 18.2 Å². The molecule has 3 N–H and O–H groups in total. The number of hydrogen-bond acceptors (Lipinski definition) is 5. The van der Waals surface area contributed by atoms with Gasteiger partial charge < -0.3 is 15.4 Å². The molecule has 0 bridgehead atoms. The second kappa shape index (κ2) is 7.43. The highest BCUT2D eigenvalue weighted by atomic mass is 16.3. The van der Waals surface area contributed by atoms with E-state index in [0.717, 1.165) is 57.2 Å². The van der Waals surface area contributed by atoms with Gasteiger partial charge in [0.05, 0.1) is 16.6 Å². The summed E-state index contributed by atoms with van der Waals surface area (Å²) >= 11 is 0. The molecule has 6 nitrogen and oxygen atoms in total. The molecule has 0 radical (unpaired) electrons. The van der Waals surface area contributed by atoms with Crippen LogP contribution in [0, 0.1) is 5.92 Å². The maximum Gasteiger partial charge on any atom is 0.146 e. The lowest BCUT2D eigenvalue weighted by molar-refractivity contribution is 0.114. The van der Waals surface area contributed by atoms with Crippen molar-refractivity contribution in [3.8, 4) is 22.4 Å².